The number of hydrogen-bond donors (Lipinski definition) is 1. The van der Waals surface area contributed by atoms with Gasteiger partial charge in [-0.05, 0) is 43.5 Å². The number of rotatable bonds is 6. The number of nitrogens with one attached hydrogen (secondary N) is 1. The molecule has 1 saturated heterocycles. The highest BCUT2D eigenvalue weighted by molar-refractivity contribution is 7.99. The van der Waals surface area contributed by atoms with Gasteiger partial charge in [0.15, 0.2) is 4.96 Å². The van der Waals surface area contributed by atoms with Gasteiger partial charge in [-0.15, -0.1) is 23.1 Å². The zero-order valence-electron chi connectivity index (χ0n) is 15.5. The van der Waals surface area contributed by atoms with E-state index in [-0.39, 0.29) is 11.5 Å². The van der Waals surface area contributed by atoms with Gasteiger partial charge in [-0.25, -0.2) is 4.98 Å². The summed E-state index contributed by atoms with van der Waals surface area (Å²) in [4.78, 5) is 31.7. The second-order valence-electron chi connectivity index (χ2n) is 6.78. The Morgan fingerprint density at radius 1 is 1.18 bits per heavy atom. The fraction of sp³-hybridized carbons (Fsp3) is 0.350. The van der Waals surface area contributed by atoms with Crippen LogP contribution in [0.2, 0.25) is 0 Å². The number of carbonyl (C=O) groups is 1. The Bertz CT molecular complexity index is 1010. The Kier molecular flexibility index (Phi) is 5.97. The lowest BCUT2D eigenvalue weighted by atomic mass is 10.1. The first-order chi connectivity index (χ1) is 13.7. The van der Waals surface area contributed by atoms with Gasteiger partial charge in [-0.3, -0.25) is 14.0 Å². The molecule has 28 heavy (non-hydrogen) atoms. The molecule has 0 radical (unpaired) electrons. The average molecular weight is 415 g/mol. The van der Waals surface area contributed by atoms with Crippen molar-refractivity contribution >= 4 is 45.3 Å². The van der Waals surface area contributed by atoms with E-state index in [1.807, 2.05) is 17.5 Å². The van der Waals surface area contributed by atoms with Crippen molar-refractivity contribution in [1.82, 2.24) is 9.38 Å². The predicted octanol–water partition coefficient (Wildman–Crippen LogP) is 3.62. The highest BCUT2D eigenvalue weighted by Gasteiger charge is 2.11. The number of aromatic nitrogens is 2. The van der Waals surface area contributed by atoms with Crippen LogP contribution in [-0.2, 0) is 10.5 Å². The van der Waals surface area contributed by atoms with Crippen molar-refractivity contribution in [3.05, 3.63) is 58.0 Å². The Hall–Kier alpha value is -2.32. The molecule has 0 saturated carbocycles. The number of fused-ring (bicyclic) bond motifs is 1. The van der Waals surface area contributed by atoms with E-state index in [1.54, 1.807) is 6.20 Å². The third kappa shape index (κ3) is 4.56. The van der Waals surface area contributed by atoms with Gasteiger partial charge in [0.1, 0.15) is 0 Å². The fourth-order valence-electron chi connectivity index (χ4n) is 3.31. The van der Waals surface area contributed by atoms with Gasteiger partial charge in [-0.2, -0.15) is 0 Å². The molecule has 3 aromatic rings. The van der Waals surface area contributed by atoms with E-state index in [4.69, 9.17) is 0 Å². The van der Waals surface area contributed by atoms with Crippen LogP contribution < -0.4 is 15.8 Å². The lowest BCUT2D eigenvalue weighted by Crippen LogP contribution is -2.29. The lowest BCUT2D eigenvalue weighted by Gasteiger charge is -2.28. The molecule has 8 heteroatoms. The Morgan fingerprint density at radius 3 is 2.75 bits per heavy atom. The van der Waals surface area contributed by atoms with Crippen LogP contribution in [-0.4, -0.2) is 34.1 Å². The largest absolute Gasteiger partial charge is 0.372 e. The quantitative estimate of drug-likeness (QED) is 0.667. The summed E-state index contributed by atoms with van der Waals surface area (Å²) in [5.74, 6) is 0.800. The summed E-state index contributed by atoms with van der Waals surface area (Å²) in [6.07, 6.45) is 5.53. The van der Waals surface area contributed by atoms with E-state index in [1.165, 1.54) is 58.5 Å². The highest BCUT2D eigenvalue weighted by atomic mass is 32.2. The van der Waals surface area contributed by atoms with E-state index in [9.17, 15) is 9.59 Å². The van der Waals surface area contributed by atoms with E-state index in [0.29, 0.717) is 22.2 Å². The third-order valence-electron chi connectivity index (χ3n) is 4.71. The zero-order valence-corrected chi connectivity index (χ0v) is 17.1. The smallest absolute Gasteiger partial charge is 0.258 e. The van der Waals surface area contributed by atoms with Gasteiger partial charge in [-0.1, -0.05) is 0 Å². The van der Waals surface area contributed by atoms with Crippen molar-refractivity contribution in [3.8, 4) is 0 Å². The molecule has 1 amide bonds. The summed E-state index contributed by atoms with van der Waals surface area (Å²) < 4.78 is 1.53. The SMILES string of the molecule is O=C(CSCc1cc(=O)n2ccsc2n1)Nc1ccc(N2CCCCC2)cc1. The molecule has 1 aliphatic rings. The molecular weight excluding hydrogens is 392 g/mol. The fourth-order valence-corrected chi connectivity index (χ4v) is 4.77. The van der Waals surface area contributed by atoms with E-state index < -0.39 is 0 Å². The molecule has 1 fully saturated rings. The molecule has 0 atom stereocenters. The Morgan fingerprint density at radius 2 is 1.96 bits per heavy atom. The number of thioether (sulfide) groups is 1. The zero-order chi connectivity index (χ0) is 19.3. The van der Waals surface area contributed by atoms with Gasteiger partial charge in [0.2, 0.25) is 5.91 Å². The van der Waals surface area contributed by atoms with Crippen LogP contribution in [0.4, 0.5) is 11.4 Å². The monoisotopic (exact) mass is 414 g/mol. The summed E-state index contributed by atoms with van der Waals surface area (Å²) >= 11 is 2.88. The number of nitrogens with zero attached hydrogens (tertiary/aromatic N) is 3. The maximum atomic E-state index is 12.2. The van der Waals surface area contributed by atoms with Crippen LogP contribution in [0.5, 0.6) is 0 Å². The van der Waals surface area contributed by atoms with Gasteiger partial charge in [0.25, 0.3) is 5.56 Å². The molecule has 6 nitrogen and oxygen atoms in total. The summed E-state index contributed by atoms with van der Waals surface area (Å²) in [5.41, 5.74) is 2.65. The van der Waals surface area contributed by atoms with Crippen LogP contribution in [0, 0.1) is 0 Å². The minimum atomic E-state index is -0.0832. The number of piperidine rings is 1. The van der Waals surface area contributed by atoms with Crippen molar-refractivity contribution in [1.29, 1.82) is 0 Å². The molecule has 0 aliphatic carbocycles. The van der Waals surface area contributed by atoms with Gasteiger partial charge in [0.05, 0.1) is 11.4 Å². The second-order valence-corrected chi connectivity index (χ2v) is 8.64. The minimum Gasteiger partial charge on any atom is -0.372 e. The average Bonchev–Trinajstić information content (AvgIpc) is 3.19. The summed E-state index contributed by atoms with van der Waals surface area (Å²) in [6, 6.07) is 9.59. The number of amides is 1. The molecule has 2 aromatic heterocycles. The molecule has 0 unspecified atom stereocenters. The van der Waals surface area contributed by atoms with Crippen molar-refractivity contribution < 1.29 is 4.79 Å². The molecule has 4 rings (SSSR count). The van der Waals surface area contributed by atoms with Crippen LogP contribution in [0.15, 0.2) is 46.7 Å². The minimum absolute atomic E-state index is 0.0513. The maximum Gasteiger partial charge on any atom is 0.258 e. The van der Waals surface area contributed by atoms with Crippen LogP contribution in [0.3, 0.4) is 0 Å². The summed E-state index contributed by atoms with van der Waals surface area (Å²) in [7, 11) is 0. The number of carbonyl (C=O) groups excluding carboxylic acids is 1. The molecule has 0 spiro atoms. The Labute approximate surface area is 171 Å². The van der Waals surface area contributed by atoms with E-state index >= 15 is 0 Å². The number of anilines is 2. The standard InChI is InChI=1S/C20H22N4O2S2/c25-18(14-27-13-16-12-19(26)24-10-11-28-20(24)22-16)21-15-4-6-17(7-5-15)23-8-2-1-3-9-23/h4-7,10-12H,1-3,8-9,13-14H2,(H,21,25). The Balaban J connectivity index is 1.27. The topological polar surface area (TPSA) is 66.7 Å². The van der Waals surface area contributed by atoms with Crippen LogP contribution in [0.1, 0.15) is 25.0 Å². The number of benzene rings is 1. The summed E-state index contributed by atoms with van der Waals surface area (Å²) in [5, 5.41) is 4.77. The third-order valence-corrected chi connectivity index (χ3v) is 6.43. The molecule has 0 bridgehead atoms. The normalized spacial score (nSPS) is 14.4. The van der Waals surface area contributed by atoms with Crippen molar-refractivity contribution in [2.24, 2.45) is 0 Å². The first-order valence-electron chi connectivity index (χ1n) is 9.37. The van der Waals surface area contributed by atoms with Crippen molar-refractivity contribution in [3.63, 3.8) is 0 Å². The first kappa shape index (κ1) is 19.0. The molecule has 1 aliphatic heterocycles. The maximum absolute atomic E-state index is 12.2. The van der Waals surface area contributed by atoms with Gasteiger partial charge in [0, 0.05) is 47.9 Å². The highest BCUT2D eigenvalue weighted by Crippen LogP contribution is 2.22. The van der Waals surface area contributed by atoms with Gasteiger partial charge < -0.3 is 10.2 Å². The van der Waals surface area contributed by atoms with Crippen LogP contribution in [0.25, 0.3) is 4.96 Å². The van der Waals surface area contributed by atoms with Crippen molar-refractivity contribution in [2.75, 3.05) is 29.1 Å². The molecule has 1 aromatic carbocycles. The van der Waals surface area contributed by atoms with E-state index in [2.05, 4.69) is 27.3 Å². The van der Waals surface area contributed by atoms with Crippen LogP contribution >= 0.6 is 23.1 Å². The van der Waals surface area contributed by atoms with E-state index in [0.717, 1.165) is 18.8 Å². The first-order valence-corrected chi connectivity index (χ1v) is 11.4. The molecule has 3 heterocycles. The van der Waals surface area contributed by atoms with Gasteiger partial charge >= 0.3 is 0 Å². The molecule has 146 valence electrons. The number of hydrogen-bond acceptors (Lipinski definition) is 6. The lowest BCUT2D eigenvalue weighted by molar-refractivity contribution is -0.113. The summed E-state index contributed by atoms with van der Waals surface area (Å²) in [6.45, 7) is 2.22. The second kappa shape index (κ2) is 8.79. The molecular formula is C20H22N4O2S2. The van der Waals surface area contributed by atoms with Crippen molar-refractivity contribution in [2.45, 2.75) is 25.0 Å². The number of thiazole rings is 1. The molecule has 1 N–H and O–H groups in total. The predicted molar refractivity (Wildman–Crippen MR) is 117 cm³/mol.